The van der Waals surface area contributed by atoms with Gasteiger partial charge in [0.05, 0.1) is 6.20 Å². The minimum absolute atomic E-state index is 0.267. The van der Waals surface area contributed by atoms with Gasteiger partial charge in [0.1, 0.15) is 0 Å². The number of rotatable bonds is 5. The van der Waals surface area contributed by atoms with Crippen LogP contribution in [-0.4, -0.2) is 59.5 Å². The van der Waals surface area contributed by atoms with Crippen molar-refractivity contribution in [3.63, 3.8) is 0 Å². The molecule has 1 saturated heterocycles. The number of anilines is 2. The zero-order chi connectivity index (χ0) is 17.1. The second-order valence-corrected chi connectivity index (χ2v) is 5.81. The summed E-state index contributed by atoms with van der Waals surface area (Å²) in [5, 5.41) is 11.4. The lowest BCUT2D eigenvalue weighted by Gasteiger charge is -2.32. The number of nitrogens with zero attached hydrogens (tertiary/aromatic N) is 5. The van der Waals surface area contributed by atoms with Gasteiger partial charge in [-0.25, -0.2) is 0 Å². The van der Waals surface area contributed by atoms with E-state index in [2.05, 4.69) is 20.5 Å². The Morgan fingerprint density at radius 1 is 1.16 bits per heavy atom. The minimum atomic E-state index is 0.267. The molecule has 0 bridgehead atoms. The minimum Gasteiger partial charge on any atom is -0.454 e. The molecular weight excluding hydrogens is 324 g/mol. The Kier molecular flexibility index (Phi) is 4.19. The van der Waals surface area contributed by atoms with E-state index < -0.39 is 0 Å². The van der Waals surface area contributed by atoms with Crippen LogP contribution in [0.15, 0.2) is 24.4 Å². The van der Waals surface area contributed by atoms with Gasteiger partial charge in [0, 0.05) is 32.7 Å². The Bertz CT molecular complexity index is 763. The molecule has 1 fully saturated rings. The first-order valence-electron chi connectivity index (χ1n) is 8.08. The van der Waals surface area contributed by atoms with Crippen molar-refractivity contribution in [1.29, 1.82) is 0 Å². The molecule has 1 aromatic heterocycles. The van der Waals surface area contributed by atoms with Crippen molar-refractivity contribution in [2.45, 2.75) is 6.54 Å². The Morgan fingerprint density at radius 3 is 2.84 bits per heavy atom. The topological polar surface area (TPSA) is 92.7 Å². The normalized spacial score (nSPS) is 16.0. The molecule has 9 heteroatoms. The molecule has 0 radical (unpaired) electrons. The molecule has 3 heterocycles. The lowest BCUT2D eigenvalue weighted by molar-refractivity contribution is -0.118. The largest absolute Gasteiger partial charge is 0.454 e. The van der Waals surface area contributed by atoms with Crippen LogP contribution in [0.4, 0.5) is 11.8 Å². The fourth-order valence-electron chi connectivity index (χ4n) is 2.78. The molecule has 4 rings (SSSR count). The Hall–Kier alpha value is -3.10. The van der Waals surface area contributed by atoms with Gasteiger partial charge in [0.15, 0.2) is 17.3 Å². The highest BCUT2D eigenvalue weighted by molar-refractivity contribution is 5.49. The smallest absolute Gasteiger partial charge is 0.247 e. The molecule has 9 nitrogen and oxygen atoms in total. The number of benzene rings is 1. The number of hydrogen-bond acceptors (Lipinski definition) is 8. The highest BCUT2D eigenvalue weighted by Crippen LogP contribution is 2.32. The molecule has 1 aromatic carbocycles. The summed E-state index contributed by atoms with van der Waals surface area (Å²) in [6.45, 7) is 3.60. The van der Waals surface area contributed by atoms with Crippen LogP contribution < -0.4 is 19.7 Å². The molecule has 0 saturated carbocycles. The first-order chi connectivity index (χ1) is 12.3. The Morgan fingerprint density at radius 2 is 2.00 bits per heavy atom. The number of carbonyl (C=O) groups excluding carboxylic acids is 1. The van der Waals surface area contributed by atoms with E-state index in [4.69, 9.17) is 9.47 Å². The third kappa shape index (κ3) is 3.39. The highest BCUT2D eigenvalue weighted by Gasteiger charge is 2.18. The molecular formula is C16H18N6O3. The fourth-order valence-corrected chi connectivity index (χ4v) is 2.78. The van der Waals surface area contributed by atoms with E-state index in [1.807, 2.05) is 23.1 Å². The predicted molar refractivity (Wildman–Crippen MR) is 89.6 cm³/mol. The van der Waals surface area contributed by atoms with Crippen LogP contribution in [0.25, 0.3) is 0 Å². The van der Waals surface area contributed by atoms with Crippen molar-refractivity contribution in [2.75, 3.05) is 43.2 Å². The summed E-state index contributed by atoms with van der Waals surface area (Å²) in [5.74, 6) is 2.75. The van der Waals surface area contributed by atoms with Crippen LogP contribution in [0.1, 0.15) is 5.56 Å². The van der Waals surface area contributed by atoms with Gasteiger partial charge in [-0.1, -0.05) is 6.07 Å². The van der Waals surface area contributed by atoms with Crippen LogP contribution in [0.5, 0.6) is 11.5 Å². The molecule has 2 aliphatic heterocycles. The van der Waals surface area contributed by atoms with E-state index >= 15 is 0 Å². The summed E-state index contributed by atoms with van der Waals surface area (Å²) in [6, 6.07) is 5.83. The lowest BCUT2D eigenvalue weighted by atomic mass is 10.2. The van der Waals surface area contributed by atoms with E-state index in [0.717, 1.165) is 23.5 Å². The van der Waals surface area contributed by atoms with Crippen LogP contribution in [-0.2, 0) is 11.3 Å². The maximum absolute atomic E-state index is 10.8. The van der Waals surface area contributed by atoms with E-state index in [9.17, 15) is 4.79 Å². The first kappa shape index (κ1) is 15.4. The molecule has 0 atom stereocenters. The predicted octanol–water partition coefficient (Wildman–Crippen LogP) is 0.491. The first-order valence-corrected chi connectivity index (χ1v) is 8.08. The molecule has 0 spiro atoms. The third-order valence-electron chi connectivity index (χ3n) is 4.20. The van der Waals surface area contributed by atoms with Gasteiger partial charge >= 0.3 is 0 Å². The summed E-state index contributed by atoms with van der Waals surface area (Å²) >= 11 is 0. The third-order valence-corrected chi connectivity index (χ3v) is 4.20. The summed E-state index contributed by atoms with van der Waals surface area (Å²) < 4.78 is 10.7. The zero-order valence-corrected chi connectivity index (χ0v) is 13.6. The zero-order valence-electron chi connectivity index (χ0n) is 13.6. The fraction of sp³-hybridized carbons (Fsp3) is 0.375. The number of fused-ring (bicyclic) bond motifs is 1. The number of nitrogens with one attached hydrogen (secondary N) is 1. The highest BCUT2D eigenvalue weighted by atomic mass is 16.7. The molecule has 0 unspecified atom stereocenters. The maximum atomic E-state index is 10.8. The Labute approximate surface area is 144 Å². The number of piperazine rings is 1. The van der Waals surface area contributed by atoms with Crippen molar-refractivity contribution >= 4 is 18.2 Å². The number of hydrogen-bond donors (Lipinski definition) is 1. The number of aromatic nitrogens is 3. The van der Waals surface area contributed by atoms with Crippen LogP contribution in [0, 0.1) is 0 Å². The quantitative estimate of drug-likeness (QED) is 0.785. The van der Waals surface area contributed by atoms with Crippen molar-refractivity contribution in [3.8, 4) is 11.5 Å². The van der Waals surface area contributed by atoms with Gasteiger partial charge in [-0.15, -0.1) is 5.10 Å². The second kappa shape index (κ2) is 6.80. The number of ether oxygens (including phenoxy) is 2. The number of amides is 1. The molecule has 1 amide bonds. The van der Waals surface area contributed by atoms with Crippen molar-refractivity contribution < 1.29 is 14.3 Å². The maximum Gasteiger partial charge on any atom is 0.247 e. The summed E-state index contributed by atoms with van der Waals surface area (Å²) in [4.78, 5) is 19.1. The summed E-state index contributed by atoms with van der Waals surface area (Å²) in [5.41, 5.74) is 1.06. The molecule has 0 aliphatic carbocycles. The van der Waals surface area contributed by atoms with E-state index in [1.54, 1.807) is 11.1 Å². The molecule has 130 valence electrons. The second-order valence-electron chi connectivity index (χ2n) is 5.81. The van der Waals surface area contributed by atoms with Gasteiger partial charge in [-0.2, -0.15) is 10.1 Å². The average Bonchev–Trinajstić information content (AvgIpc) is 3.14. The van der Waals surface area contributed by atoms with Crippen molar-refractivity contribution in [3.05, 3.63) is 30.0 Å². The van der Waals surface area contributed by atoms with Crippen LogP contribution in [0.3, 0.4) is 0 Å². The standard InChI is InChI=1S/C16H18N6O3/c23-10-21-3-5-22(6-4-21)16-19-15(9-18-20-16)17-8-12-1-2-13-14(7-12)25-11-24-13/h1-2,7,9-10H,3-6,8,11H2,(H,17,19,20). The lowest BCUT2D eigenvalue weighted by Crippen LogP contribution is -2.46. The van der Waals surface area contributed by atoms with Crippen LogP contribution >= 0.6 is 0 Å². The molecule has 25 heavy (non-hydrogen) atoms. The van der Waals surface area contributed by atoms with Gasteiger partial charge in [0.25, 0.3) is 0 Å². The average molecular weight is 342 g/mol. The van der Waals surface area contributed by atoms with Crippen molar-refractivity contribution in [1.82, 2.24) is 20.1 Å². The molecule has 2 aliphatic rings. The van der Waals surface area contributed by atoms with E-state index in [1.165, 1.54) is 0 Å². The molecule has 1 N–H and O–H groups in total. The van der Waals surface area contributed by atoms with Gasteiger partial charge in [-0.3, -0.25) is 4.79 Å². The SMILES string of the molecule is O=CN1CCN(c2nncc(NCc3ccc4c(c3)OCO4)n2)CC1. The van der Waals surface area contributed by atoms with Crippen molar-refractivity contribution in [2.24, 2.45) is 0 Å². The summed E-state index contributed by atoms with van der Waals surface area (Å²) in [7, 11) is 0. The van der Waals surface area contributed by atoms with E-state index in [0.29, 0.717) is 44.5 Å². The van der Waals surface area contributed by atoms with Gasteiger partial charge < -0.3 is 24.6 Å². The van der Waals surface area contributed by atoms with E-state index in [-0.39, 0.29) is 6.79 Å². The number of carbonyl (C=O) groups is 1. The Balaban J connectivity index is 1.39. The van der Waals surface area contributed by atoms with Gasteiger partial charge in [-0.05, 0) is 17.7 Å². The monoisotopic (exact) mass is 342 g/mol. The van der Waals surface area contributed by atoms with Crippen LogP contribution in [0.2, 0.25) is 0 Å². The summed E-state index contributed by atoms with van der Waals surface area (Å²) in [6.07, 6.45) is 2.47. The van der Waals surface area contributed by atoms with Gasteiger partial charge in [0.2, 0.25) is 19.2 Å². The molecule has 2 aromatic rings.